The van der Waals surface area contributed by atoms with E-state index in [1.165, 1.54) is 6.92 Å². The van der Waals surface area contributed by atoms with Crippen LogP contribution in [-0.2, 0) is 20.7 Å². The molecule has 1 radical (unpaired) electrons. The van der Waals surface area contributed by atoms with Crippen LogP contribution in [0.5, 0.6) is 5.75 Å². The van der Waals surface area contributed by atoms with Crippen LogP contribution in [0.1, 0.15) is 48.6 Å². The Hall–Kier alpha value is -1.46. The van der Waals surface area contributed by atoms with E-state index in [-0.39, 0.29) is 87.5 Å². The summed E-state index contributed by atoms with van der Waals surface area (Å²) in [5, 5.41) is 36.4. The number of amides is 1. The number of piperazine rings is 1. The Labute approximate surface area is 259 Å². The van der Waals surface area contributed by atoms with Gasteiger partial charge >= 0.3 is 0 Å². The minimum Gasteiger partial charge on any atom is -0.507 e. The Bertz CT molecular complexity index is 1300. The summed E-state index contributed by atoms with van der Waals surface area (Å²) in [4.78, 5) is 16.5. The van der Waals surface area contributed by atoms with Gasteiger partial charge in [-0.1, -0.05) is 6.07 Å². The maximum atomic E-state index is 12.1. The summed E-state index contributed by atoms with van der Waals surface area (Å²) in [6, 6.07) is 3.48. The Kier molecular flexibility index (Phi) is 7.52. The monoisotopic (exact) mass is 733 g/mol. The van der Waals surface area contributed by atoms with Gasteiger partial charge in [-0.3, -0.25) is 14.6 Å². The van der Waals surface area contributed by atoms with E-state index in [2.05, 4.69) is 27.3 Å². The molecule has 2 bridgehead atoms. The van der Waals surface area contributed by atoms with Crippen LogP contribution in [0.3, 0.4) is 0 Å². The number of hydrogen-bond acceptors (Lipinski definition) is 8. The quantitative estimate of drug-likeness (QED) is 0.394. The Morgan fingerprint density at radius 2 is 2.00 bits per heavy atom. The molecule has 4 aliphatic heterocycles. The number of carbonyl (C=O) groups excluding carboxylic acids is 1. The van der Waals surface area contributed by atoms with Crippen molar-refractivity contribution < 1.29 is 68.5 Å². The normalized spacial score (nSPS) is 33.8. The number of hydrogen-bond donors (Lipinski definition) is 3. The number of nitriles is 1. The number of phenolic OH excluding ortho intramolecular Hbond substituents is 1. The molecule has 4 heterocycles. The molecular formula is C28H34AcN4O5. The van der Waals surface area contributed by atoms with E-state index >= 15 is 0 Å². The number of rotatable bonds is 2. The summed E-state index contributed by atoms with van der Waals surface area (Å²) >= 11 is 0. The van der Waals surface area contributed by atoms with Crippen molar-refractivity contribution >= 4 is 5.91 Å². The van der Waals surface area contributed by atoms with Crippen molar-refractivity contribution in [2.75, 3.05) is 20.4 Å². The zero-order valence-electron chi connectivity index (χ0n) is 22.5. The molecule has 1 aromatic carbocycles. The molecule has 2 saturated heterocycles. The molecule has 38 heavy (non-hydrogen) atoms. The number of fused-ring (bicyclic) bond motifs is 8. The molecule has 6 rings (SSSR count). The van der Waals surface area contributed by atoms with Gasteiger partial charge in [0, 0.05) is 80.8 Å². The van der Waals surface area contributed by atoms with Crippen LogP contribution in [0.2, 0.25) is 0 Å². The third-order valence-electron chi connectivity index (χ3n) is 9.35. The molecule has 4 unspecified atom stereocenters. The van der Waals surface area contributed by atoms with Gasteiger partial charge in [-0.2, -0.15) is 5.26 Å². The van der Waals surface area contributed by atoms with Gasteiger partial charge in [-0.15, -0.1) is 0 Å². The van der Waals surface area contributed by atoms with Gasteiger partial charge in [0.1, 0.15) is 23.7 Å². The van der Waals surface area contributed by atoms with E-state index in [1.54, 1.807) is 0 Å². The first-order chi connectivity index (χ1) is 17.6. The Morgan fingerprint density at radius 3 is 2.68 bits per heavy atom. The fourth-order valence-electron chi connectivity index (χ4n) is 7.48. The molecule has 7 atom stereocenters. The predicted molar refractivity (Wildman–Crippen MR) is 134 cm³/mol. The summed E-state index contributed by atoms with van der Waals surface area (Å²) in [7, 11) is 2.04. The minimum atomic E-state index is -0.829. The number of aliphatic hydroxyl groups is 1. The first kappa shape index (κ1) is 28.1. The van der Waals surface area contributed by atoms with Crippen LogP contribution in [0, 0.1) is 69.2 Å². The summed E-state index contributed by atoms with van der Waals surface area (Å²) in [6.07, 6.45) is -0.108. The molecule has 3 N–H and O–H groups in total. The number of likely N-dealkylation sites (N-methyl/N-ethyl adjacent to an activating group) is 1. The number of aryl methyl sites for hydroxylation is 1. The summed E-state index contributed by atoms with van der Waals surface area (Å²) < 4.78 is 11.8. The predicted octanol–water partition coefficient (Wildman–Crippen LogP) is 1.71. The molecule has 0 spiro atoms. The number of phenols is 1. The van der Waals surface area contributed by atoms with Gasteiger partial charge in [-0.25, -0.2) is 0 Å². The van der Waals surface area contributed by atoms with E-state index in [4.69, 9.17) is 9.47 Å². The Morgan fingerprint density at radius 1 is 1.26 bits per heavy atom. The average molecular weight is 734 g/mol. The second-order valence-corrected chi connectivity index (χ2v) is 11.1. The Balaban J connectivity index is 0.00000294. The molecule has 199 valence electrons. The van der Waals surface area contributed by atoms with E-state index in [1.807, 2.05) is 27.8 Å². The second-order valence-electron chi connectivity index (χ2n) is 11.1. The van der Waals surface area contributed by atoms with Gasteiger partial charge in [0.2, 0.25) is 5.91 Å². The van der Waals surface area contributed by atoms with Crippen molar-refractivity contribution in [2.45, 2.75) is 83.0 Å². The summed E-state index contributed by atoms with van der Waals surface area (Å²) in [5.41, 5.74) is 6.40. The molecule has 1 aliphatic carbocycles. The number of nitrogens with one attached hydrogen (secondary N) is 1. The van der Waals surface area contributed by atoms with E-state index in [0.29, 0.717) is 24.4 Å². The van der Waals surface area contributed by atoms with Crippen LogP contribution >= 0.6 is 0 Å². The number of carbonyl (C=O) groups is 1. The SMILES string of the molecule is CC(=O)NC[C@H]1C2=C(CC3C4c5c(cc(C)c(C)c5O)C[C@@H]([C@H](C#N)N31)N4C)C(O)C(C)=C1OCOC12.[Ac]. The van der Waals surface area contributed by atoms with Crippen LogP contribution in [0.4, 0.5) is 0 Å². The number of nitrogens with zero attached hydrogens (tertiary/aromatic N) is 3. The summed E-state index contributed by atoms with van der Waals surface area (Å²) in [5.74, 6) is 0.788. The zero-order chi connectivity index (χ0) is 26.3. The molecule has 9 nitrogen and oxygen atoms in total. The van der Waals surface area contributed by atoms with Gasteiger partial charge < -0.3 is 25.0 Å². The van der Waals surface area contributed by atoms with E-state index in [0.717, 1.165) is 39.0 Å². The number of ether oxygens (including phenoxy) is 2. The number of aromatic hydroxyl groups is 1. The molecular weight excluding hydrogens is 699 g/mol. The third kappa shape index (κ3) is 3.92. The van der Waals surface area contributed by atoms with Crippen molar-refractivity contribution in [3.8, 4) is 11.8 Å². The molecule has 5 aliphatic rings. The fraction of sp³-hybridized carbons (Fsp3) is 0.571. The average Bonchev–Trinajstić information content (AvgIpc) is 3.35. The molecule has 2 fully saturated rings. The van der Waals surface area contributed by atoms with Crippen LogP contribution in [0.25, 0.3) is 0 Å². The van der Waals surface area contributed by atoms with Gasteiger partial charge in [0.15, 0.2) is 6.79 Å². The number of benzene rings is 1. The van der Waals surface area contributed by atoms with Gasteiger partial charge in [-0.05, 0) is 68.5 Å². The summed E-state index contributed by atoms with van der Waals surface area (Å²) in [6.45, 7) is 7.69. The van der Waals surface area contributed by atoms with Gasteiger partial charge in [0.05, 0.1) is 24.3 Å². The van der Waals surface area contributed by atoms with E-state index in [9.17, 15) is 20.3 Å². The van der Waals surface area contributed by atoms with Crippen molar-refractivity contribution in [1.82, 2.24) is 15.1 Å². The molecule has 1 amide bonds. The number of aliphatic hydroxyl groups excluding tert-OH is 1. The zero-order valence-corrected chi connectivity index (χ0v) is 27.2. The standard InChI is InChI=1S/C28H34N4O5.Ac/c1-12-6-16-7-18-20(9-29)32-19(24(31(18)5)22(16)26(35)13(12)2)8-17-23(21(32)10-30-15(4)33)28-27(36-11-37-28)14(3)25(17)34;/h6,18-21,24-25,28,34-35H,7-8,10-11H2,1-5H3,(H,30,33);/t18-,19?,20-,21-,24?,25?,28?;/m0./s1. The van der Waals surface area contributed by atoms with Crippen molar-refractivity contribution in [2.24, 2.45) is 0 Å². The van der Waals surface area contributed by atoms with E-state index < -0.39 is 18.2 Å². The maximum absolute atomic E-state index is 12.1. The van der Waals surface area contributed by atoms with Crippen molar-refractivity contribution in [1.29, 1.82) is 5.26 Å². The largest absolute Gasteiger partial charge is 0.507 e. The van der Waals surface area contributed by atoms with Crippen molar-refractivity contribution in [3.63, 3.8) is 0 Å². The fourth-order valence-corrected chi connectivity index (χ4v) is 7.48. The maximum Gasteiger partial charge on any atom is 0.216 e. The molecule has 1 aromatic rings. The second kappa shape index (κ2) is 10.2. The first-order valence-corrected chi connectivity index (χ1v) is 13.0. The van der Waals surface area contributed by atoms with Gasteiger partial charge in [0.25, 0.3) is 0 Å². The molecule has 10 heteroatoms. The molecule has 0 saturated carbocycles. The van der Waals surface area contributed by atoms with Crippen molar-refractivity contribution in [3.05, 3.63) is 50.8 Å². The van der Waals surface area contributed by atoms with Crippen LogP contribution in [0.15, 0.2) is 28.5 Å². The topological polar surface area (TPSA) is 118 Å². The first-order valence-electron chi connectivity index (χ1n) is 13.0. The van der Waals surface area contributed by atoms with Crippen LogP contribution in [-0.4, -0.2) is 82.7 Å². The van der Waals surface area contributed by atoms with Crippen LogP contribution < -0.4 is 5.32 Å². The minimum absolute atomic E-state index is 0. The third-order valence-corrected chi connectivity index (χ3v) is 9.35. The smallest absolute Gasteiger partial charge is 0.216 e. The molecule has 0 aromatic heterocycles.